The Kier molecular flexibility index (Phi) is 4.06. The lowest BCUT2D eigenvalue weighted by atomic mass is 10.2. The molecular weight excluding hydrogens is 210 g/mol. The van der Waals surface area contributed by atoms with Crippen LogP contribution in [0.5, 0.6) is 0 Å². The molecule has 16 heavy (non-hydrogen) atoms. The van der Waals surface area contributed by atoms with Crippen molar-refractivity contribution < 1.29 is 19.4 Å². The lowest BCUT2D eigenvalue weighted by Crippen LogP contribution is -2.41. The van der Waals surface area contributed by atoms with Crippen LogP contribution in [0.15, 0.2) is 11.6 Å². The number of carboxylic acids is 1. The zero-order valence-corrected chi connectivity index (χ0v) is 9.77. The zero-order chi connectivity index (χ0) is 12.3. The van der Waals surface area contributed by atoms with Gasteiger partial charge in [-0.2, -0.15) is 0 Å². The fourth-order valence-electron chi connectivity index (χ4n) is 1.78. The van der Waals surface area contributed by atoms with Crippen LogP contribution in [0.1, 0.15) is 20.3 Å². The van der Waals surface area contributed by atoms with Crippen molar-refractivity contribution in [3.05, 3.63) is 11.6 Å². The van der Waals surface area contributed by atoms with Crippen LogP contribution in [-0.4, -0.2) is 47.7 Å². The van der Waals surface area contributed by atoms with Crippen molar-refractivity contribution in [2.75, 3.05) is 13.7 Å². The van der Waals surface area contributed by atoms with E-state index in [1.54, 1.807) is 19.9 Å². The molecular formula is C11H17NO4. The van der Waals surface area contributed by atoms with Gasteiger partial charge < -0.3 is 14.7 Å². The van der Waals surface area contributed by atoms with E-state index in [2.05, 4.69) is 0 Å². The van der Waals surface area contributed by atoms with E-state index in [9.17, 15) is 9.59 Å². The molecule has 0 aromatic rings. The van der Waals surface area contributed by atoms with Crippen LogP contribution in [0.4, 0.5) is 0 Å². The summed E-state index contributed by atoms with van der Waals surface area (Å²) in [6.45, 7) is 3.78. The maximum absolute atomic E-state index is 11.9. The Balaban J connectivity index is 2.85. The van der Waals surface area contributed by atoms with Crippen LogP contribution in [0.25, 0.3) is 0 Å². The summed E-state index contributed by atoms with van der Waals surface area (Å²) in [6.07, 6.45) is 1.85. The fraction of sp³-hybridized carbons (Fsp3) is 0.636. The van der Waals surface area contributed by atoms with Crippen LogP contribution >= 0.6 is 0 Å². The largest absolute Gasteiger partial charge is 0.480 e. The van der Waals surface area contributed by atoms with Crippen molar-refractivity contribution in [3.8, 4) is 0 Å². The monoisotopic (exact) mass is 227 g/mol. The number of hydrogen-bond donors (Lipinski definition) is 1. The maximum Gasteiger partial charge on any atom is 0.326 e. The summed E-state index contributed by atoms with van der Waals surface area (Å²) in [4.78, 5) is 24.3. The number of methoxy groups -OCH3 is 1. The Labute approximate surface area is 94.7 Å². The summed E-state index contributed by atoms with van der Waals surface area (Å²) in [5.41, 5.74) is 0.558. The van der Waals surface area contributed by atoms with Gasteiger partial charge in [-0.25, -0.2) is 4.79 Å². The normalized spacial score (nSPS) is 25.9. The topological polar surface area (TPSA) is 66.8 Å². The van der Waals surface area contributed by atoms with Gasteiger partial charge >= 0.3 is 5.97 Å². The molecule has 0 aliphatic carbocycles. The molecule has 90 valence electrons. The predicted octanol–water partition coefficient (Wildman–Crippen LogP) is 0.653. The van der Waals surface area contributed by atoms with Gasteiger partial charge in [0.15, 0.2) is 0 Å². The third kappa shape index (κ3) is 2.41. The first-order valence-corrected chi connectivity index (χ1v) is 5.20. The van der Waals surface area contributed by atoms with Gasteiger partial charge in [0.25, 0.3) is 0 Å². The standard InChI is InChI=1S/C11H17NO4/c1-4-7(2)10(13)12-6-8(16-3)5-9(12)11(14)15/h4,8-9H,5-6H2,1-3H3,(H,14,15). The molecule has 1 fully saturated rings. The number of allylic oxidation sites excluding steroid dienone is 1. The van der Waals surface area contributed by atoms with Gasteiger partial charge in [-0.05, 0) is 13.8 Å². The molecule has 0 radical (unpaired) electrons. The molecule has 1 amide bonds. The highest BCUT2D eigenvalue weighted by Gasteiger charge is 2.39. The molecule has 1 N–H and O–H groups in total. The number of aliphatic carboxylic acids is 1. The van der Waals surface area contributed by atoms with Crippen LogP contribution in [0, 0.1) is 0 Å². The van der Waals surface area contributed by atoms with Gasteiger partial charge in [0, 0.05) is 25.6 Å². The second kappa shape index (κ2) is 5.12. The van der Waals surface area contributed by atoms with Crippen molar-refractivity contribution in [3.63, 3.8) is 0 Å². The van der Waals surface area contributed by atoms with E-state index in [4.69, 9.17) is 9.84 Å². The lowest BCUT2D eigenvalue weighted by Gasteiger charge is -2.21. The van der Waals surface area contributed by atoms with Crippen LogP contribution in [-0.2, 0) is 14.3 Å². The molecule has 5 nitrogen and oxygen atoms in total. The van der Waals surface area contributed by atoms with E-state index in [1.807, 2.05) is 0 Å². The molecule has 1 aliphatic rings. The maximum atomic E-state index is 11.9. The summed E-state index contributed by atoms with van der Waals surface area (Å²) in [7, 11) is 1.53. The van der Waals surface area contributed by atoms with Crippen LogP contribution < -0.4 is 0 Å². The van der Waals surface area contributed by atoms with Gasteiger partial charge in [-0.1, -0.05) is 6.08 Å². The molecule has 0 aromatic carbocycles. The molecule has 0 aromatic heterocycles. The first-order chi connectivity index (χ1) is 7.51. The van der Waals surface area contributed by atoms with Crippen molar-refractivity contribution in [1.82, 2.24) is 4.90 Å². The van der Waals surface area contributed by atoms with Gasteiger partial charge in [0.05, 0.1) is 6.10 Å². The number of carboxylic acid groups (broad SMARTS) is 1. The third-order valence-corrected chi connectivity index (χ3v) is 2.91. The van der Waals surface area contributed by atoms with Crippen molar-refractivity contribution >= 4 is 11.9 Å². The van der Waals surface area contributed by atoms with E-state index < -0.39 is 12.0 Å². The Morgan fingerprint density at radius 2 is 2.12 bits per heavy atom. The molecule has 2 unspecified atom stereocenters. The Hall–Kier alpha value is -1.36. The molecule has 5 heteroatoms. The minimum Gasteiger partial charge on any atom is -0.480 e. The second-order valence-corrected chi connectivity index (χ2v) is 3.88. The summed E-state index contributed by atoms with van der Waals surface area (Å²) in [5.74, 6) is -1.20. The predicted molar refractivity (Wildman–Crippen MR) is 58.0 cm³/mol. The minimum atomic E-state index is -0.975. The first kappa shape index (κ1) is 12.7. The zero-order valence-electron chi connectivity index (χ0n) is 9.77. The average Bonchev–Trinajstić information content (AvgIpc) is 2.71. The number of carbonyl (C=O) groups is 2. The minimum absolute atomic E-state index is 0.185. The average molecular weight is 227 g/mol. The molecule has 1 saturated heterocycles. The third-order valence-electron chi connectivity index (χ3n) is 2.91. The number of likely N-dealkylation sites (tertiary alicyclic amines) is 1. The second-order valence-electron chi connectivity index (χ2n) is 3.88. The van der Waals surface area contributed by atoms with Gasteiger partial charge in [0.2, 0.25) is 5.91 Å². The summed E-state index contributed by atoms with van der Waals surface area (Å²) < 4.78 is 5.11. The number of nitrogens with zero attached hydrogens (tertiary/aromatic N) is 1. The Morgan fingerprint density at radius 3 is 2.56 bits per heavy atom. The van der Waals surface area contributed by atoms with E-state index >= 15 is 0 Å². The van der Waals surface area contributed by atoms with Crippen molar-refractivity contribution in [2.45, 2.75) is 32.4 Å². The van der Waals surface area contributed by atoms with E-state index in [0.717, 1.165) is 0 Å². The highest BCUT2D eigenvalue weighted by molar-refractivity contribution is 5.95. The molecule has 1 aliphatic heterocycles. The molecule has 0 bridgehead atoms. The SMILES string of the molecule is CC=C(C)C(=O)N1CC(OC)CC1C(=O)O. The van der Waals surface area contributed by atoms with Crippen LogP contribution in [0.3, 0.4) is 0 Å². The highest BCUT2D eigenvalue weighted by Crippen LogP contribution is 2.22. The number of hydrogen-bond acceptors (Lipinski definition) is 3. The van der Waals surface area contributed by atoms with E-state index in [-0.39, 0.29) is 12.0 Å². The van der Waals surface area contributed by atoms with Gasteiger partial charge in [-0.15, -0.1) is 0 Å². The summed E-state index contributed by atoms with van der Waals surface area (Å²) in [6, 6.07) is -0.771. The van der Waals surface area contributed by atoms with E-state index in [0.29, 0.717) is 18.5 Å². The summed E-state index contributed by atoms with van der Waals surface area (Å²) in [5, 5.41) is 9.03. The fourth-order valence-corrected chi connectivity index (χ4v) is 1.78. The molecule has 2 atom stereocenters. The van der Waals surface area contributed by atoms with Crippen molar-refractivity contribution in [1.29, 1.82) is 0 Å². The van der Waals surface area contributed by atoms with Gasteiger partial charge in [0.1, 0.15) is 6.04 Å². The number of amides is 1. The highest BCUT2D eigenvalue weighted by atomic mass is 16.5. The molecule has 1 heterocycles. The molecule has 1 rings (SSSR count). The molecule has 0 spiro atoms. The van der Waals surface area contributed by atoms with Crippen molar-refractivity contribution in [2.24, 2.45) is 0 Å². The number of carbonyl (C=O) groups excluding carboxylic acids is 1. The first-order valence-electron chi connectivity index (χ1n) is 5.20. The number of ether oxygens (including phenoxy) is 1. The lowest BCUT2D eigenvalue weighted by molar-refractivity contribution is -0.146. The quantitative estimate of drug-likeness (QED) is 0.719. The van der Waals surface area contributed by atoms with Crippen LogP contribution in [0.2, 0.25) is 0 Å². The smallest absolute Gasteiger partial charge is 0.326 e. The number of rotatable bonds is 3. The Morgan fingerprint density at radius 1 is 1.50 bits per heavy atom. The van der Waals surface area contributed by atoms with Gasteiger partial charge in [-0.3, -0.25) is 4.79 Å². The summed E-state index contributed by atoms with van der Waals surface area (Å²) >= 11 is 0. The molecule has 0 saturated carbocycles. The Bertz CT molecular complexity index is 324. The van der Waals surface area contributed by atoms with E-state index in [1.165, 1.54) is 12.0 Å².